The van der Waals surface area contributed by atoms with Crippen molar-refractivity contribution in [2.24, 2.45) is 5.92 Å². The van der Waals surface area contributed by atoms with Gasteiger partial charge in [0.05, 0.1) is 6.54 Å². The molecule has 0 aliphatic carbocycles. The Bertz CT molecular complexity index is 270. The maximum atomic E-state index is 10.5. The summed E-state index contributed by atoms with van der Waals surface area (Å²) in [7, 11) is 0. The van der Waals surface area contributed by atoms with Crippen LogP contribution in [0.5, 0.6) is 0 Å². The van der Waals surface area contributed by atoms with Crippen molar-refractivity contribution in [1.29, 1.82) is 0 Å². The van der Waals surface area contributed by atoms with Crippen molar-refractivity contribution in [2.75, 3.05) is 45.9 Å². The predicted molar refractivity (Wildman–Crippen MR) is 76.7 cm³/mol. The van der Waals surface area contributed by atoms with Crippen molar-refractivity contribution in [3.8, 4) is 0 Å². The quantitative estimate of drug-likeness (QED) is 0.579. The normalized spacial score (nSPS) is 20.4. The number of hydrogen-bond acceptors (Lipinski definition) is 5. The van der Waals surface area contributed by atoms with Gasteiger partial charge in [-0.2, -0.15) is 0 Å². The van der Waals surface area contributed by atoms with Gasteiger partial charge in [0.15, 0.2) is 6.29 Å². The Kier molecular flexibility index (Phi) is 8.77. The molecule has 0 spiro atoms. The molecule has 0 aromatic rings. The monoisotopic (exact) mass is 288 g/mol. The van der Waals surface area contributed by atoms with Crippen molar-refractivity contribution in [2.45, 2.75) is 33.0 Å². The van der Waals surface area contributed by atoms with Crippen LogP contribution in [0.3, 0.4) is 0 Å². The molecule has 0 radical (unpaired) electrons. The molecular formula is C14H28N2O4. The average molecular weight is 288 g/mol. The van der Waals surface area contributed by atoms with Gasteiger partial charge in [-0.3, -0.25) is 9.69 Å². The number of piperidine rings is 1. The number of carboxylic acid groups (broad SMARTS) is 1. The van der Waals surface area contributed by atoms with Crippen LogP contribution in [0.25, 0.3) is 0 Å². The Labute approximate surface area is 121 Å². The molecule has 1 rings (SSSR count). The molecule has 1 atom stereocenters. The first-order valence-electron chi connectivity index (χ1n) is 7.53. The lowest BCUT2D eigenvalue weighted by atomic mass is 9.98. The number of carboxylic acids is 1. The number of nitrogens with one attached hydrogen (secondary N) is 1. The molecule has 6 nitrogen and oxygen atoms in total. The van der Waals surface area contributed by atoms with Gasteiger partial charge >= 0.3 is 5.97 Å². The van der Waals surface area contributed by atoms with Gasteiger partial charge in [-0.15, -0.1) is 0 Å². The van der Waals surface area contributed by atoms with Crippen molar-refractivity contribution in [1.82, 2.24) is 10.2 Å². The molecule has 1 aliphatic rings. The minimum atomic E-state index is -0.801. The van der Waals surface area contributed by atoms with Gasteiger partial charge in [0.25, 0.3) is 0 Å². The van der Waals surface area contributed by atoms with Crippen LogP contribution < -0.4 is 5.32 Å². The molecule has 1 fully saturated rings. The molecule has 0 bridgehead atoms. The van der Waals surface area contributed by atoms with Gasteiger partial charge in [0, 0.05) is 26.3 Å². The van der Waals surface area contributed by atoms with Gasteiger partial charge in [-0.25, -0.2) is 0 Å². The molecule has 1 unspecified atom stereocenters. The highest BCUT2D eigenvalue weighted by Gasteiger charge is 2.22. The standard InChI is InChI=1S/C14H28N2O4/c1-3-19-14(20-4-2)11-16-7-5-6-12(10-16)8-15-9-13(17)18/h12,14-15H,3-11H2,1-2H3,(H,17,18). The van der Waals surface area contributed by atoms with Crippen molar-refractivity contribution >= 4 is 5.97 Å². The molecule has 6 heteroatoms. The van der Waals surface area contributed by atoms with Crippen LogP contribution in [0.15, 0.2) is 0 Å². The van der Waals surface area contributed by atoms with Crippen LogP contribution in [0.2, 0.25) is 0 Å². The van der Waals surface area contributed by atoms with E-state index < -0.39 is 5.97 Å². The maximum Gasteiger partial charge on any atom is 0.317 e. The summed E-state index contributed by atoms with van der Waals surface area (Å²) in [6.07, 6.45) is 2.14. The van der Waals surface area contributed by atoms with E-state index in [1.165, 1.54) is 0 Å². The SMILES string of the molecule is CCOC(CN1CCCC(CNCC(=O)O)C1)OCC. The molecule has 0 saturated carbocycles. The largest absolute Gasteiger partial charge is 0.480 e. The highest BCUT2D eigenvalue weighted by Crippen LogP contribution is 2.16. The first-order chi connectivity index (χ1) is 9.65. The number of nitrogens with zero attached hydrogens (tertiary/aromatic N) is 1. The third kappa shape index (κ3) is 7.19. The van der Waals surface area contributed by atoms with Gasteiger partial charge in [0.2, 0.25) is 0 Å². The van der Waals surface area contributed by atoms with E-state index in [1.807, 2.05) is 13.8 Å². The molecule has 2 N–H and O–H groups in total. The topological polar surface area (TPSA) is 71.0 Å². The van der Waals surface area contributed by atoms with E-state index in [9.17, 15) is 4.79 Å². The van der Waals surface area contributed by atoms with Crippen molar-refractivity contribution in [3.63, 3.8) is 0 Å². The Morgan fingerprint density at radius 3 is 2.70 bits per heavy atom. The Hall–Kier alpha value is -0.690. The summed E-state index contributed by atoms with van der Waals surface area (Å²) in [6.45, 7) is 8.88. The highest BCUT2D eigenvalue weighted by atomic mass is 16.7. The fourth-order valence-electron chi connectivity index (χ4n) is 2.60. The highest BCUT2D eigenvalue weighted by molar-refractivity contribution is 5.68. The van der Waals surface area contributed by atoms with E-state index in [-0.39, 0.29) is 12.8 Å². The average Bonchev–Trinajstić information content (AvgIpc) is 2.39. The third-order valence-corrected chi connectivity index (χ3v) is 3.42. The number of likely N-dealkylation sites (tertiary alicyclic amines) is 1. The van der Waals surface area contributed by atoms with Crippen LogP contribution in [-0.4, -0.2) is 68.2 Å². The van der Waals surface area contributed by atoms with E-state index in [0.717, 1.165) is 39.0 Å². The summed E-state index contributed by atoms with van der Waals surface area (Å²) in [5.74, 6) is -0.294. The van der Waals surface area contributed by atoms with Crippen LogP contribution in [-0.2, 0) is 14.3 Å². The maximum absolute atomic E-state index is 10.5. The zero-order valence-electron chi connectivity index (χ0n) is 12.6. The minimum absolute atomic E-state index is 0.0387. The number of rotatable bonds is 10. The van der Waals surface area contributed by atoms with Gasteiger partial charge < -0.3 is 19.9 Å². The lowest BCUT2D eigenvalue weighted by molar-refractivity contribution is -0.149. The van der Waals surface area contributed by atoms with Crippen molar-refractivity contribution < 1.29 is 19.4 Å². The van der Waals surface area contributed by atoms with Crippen LogP contribution in [0.1, 0.15) is 26.7 Å². The van der Waals surface area contributed by atoms with Gasteiger partial charge in [-0.1, -0.05) is 0 Å². The second kappa shape index (κ2) is 10.1. The second-order valence-corrected chi connectivity index (χ2v) is 5.13. The van der Waals surface area contributed by atoms with E-state index >= 15 is 0 Å². The first kappa shape index (κ1) is 17.4. The summed E-state index contributed by atoms with van der Waals surface area (Å²) >= 11 is 0. The minimum Gasteiger partial charge on any atom is -0.480 e. The molecule has 1 saturated heterocycles. The fraction of sp³-hybridized carbons (Fsp3) is 0.929. The summed E-state index contributed by atoms with van der Waals surface area (Å²) in [5, 5.41) is 11.6. The van der Waals surface area contributed by atoms with Gasteiger partial charge in [0.1, 0.15) is 0 Å². The van der Waals surface area contributed by atoms with Crippen molar-refractivity contribution in [3.05, 3.63) is 0 Å². The first-order valence-corrected chi connectivity index (χ1v) is 7.53. The fourth-order valence-corrected chi connectivity index (χ4v) is 2.60. The molecule has 0 amide bonds. The smallest absolute Gasteiger partial charge is 0.317 e. The number of carbonyl (C=O) groups is 1. The second-order valence-electron chi connectivity index (χ2n) is 5.13. The molecule has 20 heavy (non-hydrogen) atoms. The zero-order valence-corrected chi connectivity index (χ0v) is 12.6. The Balaban J connectivity index is 2.29. The summed E-state index contributed by atoms with van der Waals surface area (Å²) in [6, 6.07) is 0. The van der Waals surface area contributed by atoms with E-state index in [4.69, 9.17) is 14.6 Å². The molecule has 118 valence electrons. The third-order valence-electron chi connectivity index (χ3n) is 3.42. The lowest BCUT2D eigenvalue weighted by Crippen LogP contribution is -2.44. The summed E-state index contributed by atoms with van der Waals surface area (Å²) in [5.41, 5.74) is 0. The molecule has 1 aliphatic heterocycles. The van der Waals surface area contributed by atoms with Crippen LogP contribution in [0.4, 0.5) is 0 Å². The number of ether oxygens (including phenoxy) is 2. The zero-order chi connectivity index (χ0) is 14.8. The van der Waals surface area contributed by atoms with E-state index in [1.54, 1.807) is 0 Å². The van der Waals surface area contributed by atoms with Crippen LogP contribution in [0, 0.1) is 5.92 Å². The molecular weight excluding hydrogens is 260 g/mol. The van der Waals surface area contributed by atoms with E-state index in [0.29, 0.717) is 19.1 Å². The van der Waals surface area contributed by atoms with Gasteiger partial charge in [-0.05, 0) is 45.7 Å². The Morgan fingerprint density at radius 2 is 2.10 bits per heavy atom. The number of aliphatic carboxylic acids is 1. The molecule has 0 aromatic heterocycles. The predicted octanol–water partition coefficient (Wildman–Crippen LogP) is 0.772. The lowest BCUT2D eigenvalue weighted by Gasteiger charge is -2.34. The molecule has 1 heterocycles. The van der Waals surface area contributed by atoms with E-state index in [2.05, 4.69) is 10.2 Å². The van der Waals surface area contributed by atoms with Crippen LogP contribution >= 0.6 is 0 Å². The Morgan fingerprint density at radius 1 is 1.40 bits per heavy atom. The summed E-state index contributed by atoms with van der Waals surface area (Å²) in [4.78, 5) is 12.8. The number of hydrogen-bond donors (Lipinski definition) is 2. The molecule has 0 aromatic carbocycles. The summed E-state index contributed by atoms with van der Waals surface area (Å²) < 4.78 is 11.2.